The van der Waals surface area contributed by atoms with Gasteiger partial charge in [0.2, 0.25) is 0 Å². The third-order valence-electron chi connectivity index (χ3n) is 4.29. The zero-order valence-electron chi connectivity index (χ0n) is 14.8. The van der Waals surface area contributed by atoms with Crippen LogP contribution in [-0.2, 0) is 12.1 Å². The predicted octanol–water partition coefficient (Wildman–Crippen LogP) is 3.49. The molecule has 1 N–H and O–H groups in total. The van der Waals surface area contributed by atoms with Crippen molar-refractivity contribution in [2.75, 3.05) is 7.05 Å². The Hall–Kier alpha value is -2.30. The molecule has 1 aliphatic rings. The summed E-state index contributed by atoms with van der Waals surface area (Å²) in [6.45, 7) is 6.82. The third-order valence-corrected chi connectivity index (χ3v) is 4.29. The molecule has 1 aromatic heterocycles. The molecule has 2 aromatic rings. The number of aromatic hydroxyl groups is 1. The Bertz CT molecular complexity index is 737. The predicted molar refractivity (Wildman–Crippen MR) is 93.1 cm³/mol. The van der Waals surface area contributed by atoms with E-state index in [1.807, 2.05) is 22.9 Å². The van der Waals surface area contributed by atoms with Crippen LogP contribution in [0.15, 0.2) is 30.3 Å². The number of hydrogen-bond donors (Lipinski definition) is 1. The minimum absolute atomic E-state index is 0.0759. The van der Waals surface area contributed by atoms with Gasteiger partial charge in [0.1, 0.15) is 5.75 Å². The lowest BCUT2D eigenvalue weighted by Crippen LogP contribution is -2.28. The molecule has 0 spiro atoms. The maximum atomic E-state index is 12.8. The molecule has 128 valence electrons. The molecule has 0 bridgehead atoms. The molecule has 3 rings (SSSR count). The molecule has 1 heterocycles. The third kappa shape index (κ3) is 3.45. The lowest BCUT2D eigenvalue weighted by molar-refractivity contribution is 0.0777. The van der Waals surface area contributed by atoms with Crippen molar-refractivity contribution < 1.29 is 9.90 Å². The Kier molecular flexibility index (Phi) is 4.11. The molecule has 1 saturated carbocycles. The monoisotopic (exact) mass is 327 g/mol. The van der Waals surface area contributed by atoms with Crippen LogP contribution < -0.4 is 0 Å². The van der Waals surface area contributed by atoms with Gasteiger partial charge in [0.25, 0.3) is 5.91 Å². The summed E-state index contributed by atoms with van der Waals surface area (Å²) in [5.41, 5.74) is 2.52. The topological polar surface area (TPSA) is 58.4 Å². The van der Waals surface area contributed by atoms with Crippen LogP contribution in [-0.4, -0.2) is 32.7 Å². The van der Waals surface area contributed by atoms with Gasteiger partial charge in [-0.2, -0.15) is 5.10 Å². The number of amides is 1. The van der Waals surface area contributed by atoms with Crippen molar-refractivity contribution in [1.82, 2.24) is 14.7 Å². The molecule has 5 nitrogen and oxygen atoms in total. The van der Waals surface area contributed by atoms with E-state index in [0.29, 0.717) is 18.2 Å². The molecule has 24 heavy (non-hydrogen) atoms. The standard InChI is InChI=1S/C19H25N3O2/c1-19(2,3)22-17(14-7-8-14)11-16(20-22)18(24)21(4)12-13-5-9-15(23)10-6-13/h5-6,9-11,14,23H,7-8,12H2,1-4H3. The minimum Gasteiger partial charge on any atom is -0.508 e. The number of rotatable bonds is 4. The molecule has 0 radical (unpaired) electrons. The zero-order valence-corrected chi connectivity index (χ0v) is 14.8. The van der Waals surface area contributed by atoms with Crippen LogP contribution in [0.4, 0.5) is 0 Å². The van der Waals surface area contributed by atoms with Crippen LogP contribution in [0.3, 0.4) is 0 Å². The number of benzene rings is 1. The minimum atomic E-state index is -0.133. The van der Waals surface area contributed by atoms with E-state index in [1.54, 1.807) is 24.1 Å². The lowest BCUT2D eigenvalue weighted by atomic mass is 10.1. The first-order valence-electron chi connectivity index (χ1n) is 8.39. The molecule has 0 aliphatic heterocycles. The van der Waals surface area contributed by atoms with Crippen LogP contribution in [0.25, 0.3) is 0 Å². The van der Waals surface area contributed by atoms with Gasteiger partial charge in [-0.05, 0) is 57.4 Å². The van der Waals surface area contributed by atoms with Gasteiger partial charge in [0.05, 0.1) is 5.54 Å². The van der Waals surface area contributed by atoms with Crippen LogP contribution in [0.5, 0.6) is 5.75 Å². The van der Waals surface area contributed by atoms with Gasteiger partial charge in [0.15, 0.2) is 5.69 Å². The van der Waals surface area contributed by atoms with Gasteiger partial charge in [-0.3, -0.25) is 9.48 Å². The summed E-state index contributed by atoms with van der Waals surface area (Å²) >= 11 is 0. The average Bonchev–Trinajstić information content (AvgIpc) is 3.26. The van der Waals surface area contributed by atoms with Crippen molar-refractivity contribution in [3.8, 4) is 5.75 Å². The molecule has 1 fully saturated rings. The Balaban J connectivity index is 1.80. The van der Waals surface area contributed by atoms with E-state index in [9.17, 15) is 9.90 Å². The van der Waals surface area contributed by atoms with Gasteiger partial charge < -0.3 is 10.0 Å². The fourth-order valence-corrected chi connectivity index (χ4v) is 2.85. The Morgan fingerprint density at radius 3 is 2.46 bits per heavy atom. The van der Waals surface area contributed by atoms with E-state index in [0.717, 1.165) is 5.56 Å². The molecule has 1 aromatic carbocycles. The molecule has 1 aliphatic carbocycles. The van der Waals surface area contributed by atoms with Crippen molar-refractivity contribution in [2.45, 2.75) is 51.6 Å². The Labute approximate surface area is 142 Å². The van der Waals surface area contributed by atoms with Crippen molar-refractivity contribution in [3.05, 3.63) is 47.3 Å². The van der Waals surface area contributed by atoms with Crippen LogP contribution >= 0.6 is 0 Å². The second-order valence-corrected chi connectivity index (χ2v) is 7.64. The molecular formula is C19H25N3O2. The van der Waals surface area contributed by atoms with Gasteiger partial charge in [0, 0.05) is 25.2 Å². The van der Waals surface area contributed by atoms with E-state index >= 15 is 0 Å². The number of carbonyl (C=O) groups is 1. The average molecular weight is 327 g/mol. The van der Waals surface area contributed by atoms with E-state index in [2.05, 4.69) is 25.9 Å². The van der Waals surface area contributed by atoms with Crippen molar-refractivity contribution in [3.63, 3.8) is 0 Å². The maximum Gasteiger partial charge on any atom is 0.274 e. The van der Waals surface area contributed by atoms with Crippen LogP contribution in [0.1, 0.15) is 61.3 Å². The molecule has 1 amide bonds. The number of phenolic OH excluding ortho intramolecular Hbond substituents is 1. The molecule has 0 saturated heterocycles. The number of phenols is 1. The fourth-order valence-electron chi connectivity index (χ4n) is 2.85. The van der Waals surface area contributed by atoms with E-state index in [1.165, 1.54) is 18.5 Å². The summed E-state index contributed by atoms with van der Waals surface area (Å²) < 4.78 is 2.01. The van der Waals surface area contributed by atoms with Crippen LogP contribution in [0.2, 0.25) is 0 Å². The smallest absolute Gasteiger partial charge is 0.274 e. The van der Waals surface area contributed by atoms with E-state index in [-0.39, 0.29) is 17.2 Å². The number of aromatic nitrogens is 2. The summed E-state index contributed by atoms with van der Waals surface area (Å²) in [5, 5.41) is 14.0. The fraction of sp³-hybridized carbons (Fsp3) is 0.474. The second-order valence-electron chi connectivity index (χ2n) is 7.64. The number of carbonyl (C=O) groups excluding carboxylic acids is 1. The Morgan fingerprint density at radius 2 is 1.92 bits per heavy atom. The first kappa shape index (κ1) is 16.6. The highest BCUT2D eigenvalue weighted by Gasteiger charge is 2.33. The summed E-state index contributed by atoms with van der Waals surface area (Å²) in [7, 11) is 1.78. The van der Waals surface area contributed by atoms with Gasteiger partial charge in [-0.1, -0.05) is 12.1 Å². The van der Waals surface area contributed by atoms with Crippen molar-refractivity contribution in [2.24, 2.45) is 0 Å². The zero-order chi connectivity index (χ0) is 17.5. The maximum absolute atomic E-state index is 12.8. The quantitative estimate of drug-likeness (QED) is 0.935. The van der Waals surface area contributed by atoms with Crippen molar-refractivity contribution in [1.29, 1.82) is 0 Å². The van der Waals surface area contributed by atoms with Gasteiger partial charge >= 0.3 is 0 Å². The van der Waals surface area contributed by atoms with Gasteiger partial charge in [-0.25, -0.2) is 0 Å². The summed E-state index contributed by atoms with van der Waals surface area (Å²) in [6, 6.07) is 8.86. The summed E-state index contributed by atoms with van der Waals surface area (Å²) in [6.07, 6.45) is 2.36. The first-order chi connectivity index (χ1) is 11.3. The van der Waals surface area contributed by atoms with Gasteiger partial charge in [-0.15, -0.1) is 0 Å². The number of nitrogens with zero attached hydrogens (tertiary/aromatic N) is 3. The molecule has 0 unspecified atom stereocenters. The highest BCUT2D eigenvalue weighted by Crippen LogP contribution is 2.41. The largest absolute Gasteiger partial charge is 0.508 e. The van der Waals surface area contributed by atoms with Crippen LogP contribution in [0, 0.1) is 0 Å². The highest BCUT2D eigenvalue weighted by atomic mass is 16.3. The summed E-state index contributed by atoms with van der Waals surface area (Å²) in [4.78, 5) is 14.4. The first-order valence-corrected chi connectivity index (χ1v) is 8.39. The highest BCUT2D eigenvalue weighted by molar-refractivity contribution is 5.92. The SMILES string of the molecule is CN(Cc1ccc(O)cc1)C(=O)c1cc(C2CC2)n(C(C)(C)C)n1. The van der Waals surface area contributed by atoms with Crippen molar-refractivity contribution >= 4 is 5.91 Å². The molecule has 0 atom stereocenters. The second kappa shape index (κ2) is 5.96. The van der Waals surface area contributed by atoms with E-state index in [4.69, 9.17) is 0 Å². The summed E-state index contributed by atoms with van der Waals surface area (Å²) in [5.74, 6) is 0.694. The Morgan fingerprint density at radius 1 is 1.29 bits per heavy atom. The normalized spacial score (nSPS) is 14.7. The number of hydrogen-bond acceptors (Lipinski definition) is 3. The molecular weight excluding hydrogens is 302 g/mol. The van der Waals surface area contributed by atoms with E-state index < -0.39 is 0 Å². The molecule has 5 heteroatoms. The lowest BCUT2D eigenvalue weighted by Gasteiger charge is -2.22.